The van der Waals surface area contributed by atoms with Gasteiger partial charge in [-0.1, -0.05) is 6.07 Å². The van der Waals surface area contributed by atoms with Crippen LogP contribution in [0.3, 0.4) is 0 Å². The lowest BCUT2D eigenvalue weighted by Gasteiger charge is -2.16. The number of halogens is 1. The highest BCUT2D eigenvalue weighted by Crippen LogP contribution is 2.21. The fourth-order valence-electron chi connectivity index (χ4n) is 1.72. The Kier molecular flexibility index (Phi) is 5.76. The summed E-state index contributed by atoms with van der Waals surface area (Å²) < 4.78 is 18.8. The van der Waals surface area contributed by atoms with Crippen molar-refractivity contribution in [2.24, 2.45) is 0 Å². The van der Waals surface area contributed by atoms with E-state index < -0.39 is 0 Å². The molecule has 0 aliphatic rings. The number of rotatable bonds is 6. The number of carbonyl (C=O) groups excluding carboxylic acids is 1. The van der Waals surface area contributed by atoms with Crippen LogP contribution in [0.15, 0.2) is 18.2 Å². The molecule has 0 heterocycles. The molecule has 1 aromatic rings. The van der Waals surface area contributed by atoms with E-state index >= 15 is 0 Å². The molecular weight excluding hydrogens is 247 g/mol. The van der Waals surface area contributed by atoms with Gasteiger partial charge in [0.15, 0.2) is 0 Å². The molecule has 0 saturated heterocycles. The van der Waals surface area contributed by atoms with Gasteiger partial charge in [-0.25, -0.2) is 4.39 Å². The lowest BCUT2D eigenvalue weighted by Crippen LogP contribution is -2.28. The first-order chi connectivity index (χ1) is 8.95. The van der Waals surface area contributed by atoms with Crippen molar-refractivity contribution < 1.29 is 13.9 Å². The molecule has 0 fully saturated rings. The fourth-order valence-corrected chi connectivity index (χ4v) is 1.72. The van der Waals surface area contributed by atoms with Crippen molar-refractivity contribution in [2.45, 2.75) is 19.4 Å². The van der Waals surface area contributed by atoms with Crippen LogP contribution < -0.4 is 10.1 Å². The number of nitrogens with zero attached hydrogens (tertiary/aromatic N) is 1. The maximum Gasteiger partial charge on any atom is 0.223 e. The largest absolute Gasteiger partial charge is 0.497 e. The molecule has 1 N–H and O–H groups in total. The minimum absolute atomic E-state index is 0.0508. The summed E-state index contributed by atoms with van der Waals surface area (Å²) in [5, 5.41) is 3.13. The second-order valence-electron chi connectivity index (χ2n) is 4.60. The summed E-state index contributed by atoms with van der Waals surface area (Å²) in [5.41, 5.74) is 0.568. The van der Waals surface area contributed by atoms with Crippen LogP contribution in [0.5, 0.6) is 5.75 Å². The number of methoxy groups -OCH3 is 1. The smallest absolute Gasteiger partial charge is 0.223 e. The Bertz CT molecular complexity index is 435. The summed E-state index contributed by atoms with van der Waals surface area (Å²) in [7, 11) is 4.94. The monoisotopic (exact) mass is 268 g/mol. The molecule has 0 aliphatic heterocycles. The maximum atomic E-state index is 13.8. The molecule has 0 radical (unpaired) electrons. The van der Waals surface area contributed by atoms with Crippen LogP contribution in [0.1, 0.15) is 24.9 Å². The lowest BCUT2D eigenvalue weighted by molar-refractivity contribution is -0.128. The van der Waals surface area contributed by atoms with Crippen molar-refractivity contribution in [3.8, 4) is 5.75 Å². The molecule has 19 heavy (non-hydrogen) atoms. The SMILES string of the molecule is COc1ccc(C(C)NCCC(=O)N(C)C)c(F)c1. The third-order valence-corrected chi connectivity index (χ3v) is 2.96. The second kappa shape index (κ2) is 7.09. The van der Waals surface area contributed by atoms with E-state index in [2.05, 4.69) is 5.32 Å². The number of carbonyl (C=O) groups is 1. The average molecular weight is 268 g/mol. The Morgan fingerprint density at radius 1 is 1.47 bits per heavy atom. The Morgan fingerprint density at radius 2 is 2.16 bits per heavy atom. The molecule has 1 unspecified atom stereocenters. The van der Waals surface area contributed by atoms with Gasteiger partial charge in [-0.15, -0.1) is 0 Å². The summed E-state index contributed by atoms with van der Waals surface area (Å²) >= 11 is 0. The zero-order valence-electron chi connectivity index (χ0n) is 11.9. The van der Waals surface area contributed by atoms with E-state index in [1.54, 1.807) is 31.1 Å². The fraction of sp³-hybridized carbons (Fsp3) is 0.500. The van der Waals surface area contributed by atoms with E-state index in [1.807, 2.05) is 6.92 Å². The summed E-state index contributed by atoms with van der Waals surface area (Å²) in [6.45, 7) is 2.38. The lowest BCUT2D eigenvalue weighted by atomic mass is 10.1. The van der Waals surface area contributed by atoms with Gasteiger partial charge >= 0.3 is 0 Å². The number of amides is 1. The molecular formula is C14H21FN2O2. The third kappa shape index (κ3) is 4.52. The molecule has 4 nitrogen and oxygen atoms in total. The molecule has 106 valence electrons. The van der Waals surface area contributed by atoms with Crippen LogP contribution in [-0.4, -0.2) is 38.6 Å². The Balaban J connectivity index is 2.54. The van der Waals surface area contributed by atoms with Crippen LogP contribution in [-0.2, 0) is 4.79 Å². The number of nitrogens with one attached hydrogen (secondary N) is 1. The highest BCUT2D eigenvalue weighted by atomic mass is 19.1. The summed E-state index contributed by atoms with van der Waals surface area (Å²) in [6, 6.07) is 4.63. The van der Waals surface area contributed by atoms with Crippen LogP contribution in [0.4, 0.5) is 4.39 Å². The molecule has 5 heteroatoms. The van der Waals surface area contributed by atoms with E-state index in [0.29, 0.717) is 24.3 Å². The molecule has 1 atom stereocenters. The standard InChI is InChI=1S/C14H21FN2O2/c1-10(16-8-7-14(18)17(2)3)12-6-5-11(19-4)9-13(12)15/h5-6,9-10,16H,7-8H2,1-4H3. The van der Waals surface area contributed by atoms with Crippen LogP contribution >= 0.6 is 0 Å². The molecule has 0 bridgehead atoms. The number of ether oxygens (including phenoxy) is 1. The van der Waals surface area contributed by atoms with Crippen LogP contribution in [0, 0.1) is 5.82 Å². The normalized spacial score (nSPS) is 12.1. The van der Waals surface area contributed by atoms with E-state index in [-0.39, 0.29) is 17.8 Å². The van der Waals surface area contributed by atoms with E-state index in [4.69, 9.17) is 4.74 Å². The number of hydrogen-bond donors (Lipinski definition) is 1. The van der Waals surface area contributed by atoms with Gasteiger partial charge in [0.2, 0.25) is 5.91 Å². The van der Waals surface area contributed by atoms with Gasteiger partial charge in [0.1, 0.15) is 11.6 Å². The van der Waals surface area contributed by atoms with Gasteiger partial charge in [0.05, 0.1) is 7.11 Å². The Hall–Kier alpha value is -1.62. The molecule has 1 rings (SSSR count). The Morgan fingerprint density at radius 3 is 2.68 bits per heavy atom. The van der Waals surface area contributed by atoms with Gasteiger partial charge in [0.25, 0.3) is 0 Å². The highest BCUT2D eigenvalue weighted by Gasteiger charge is 2.12. The van der Waals surface area contributed by atoms with Crippen molar-refractivity contribution in [2.75, 3.05) is 27.7 Å². The molecule has 1 amide bonds. The van der Waals surface area contributed by atoms with E-state index in [1.165, 1.54) is 13.2 Å². The van der Waals surface area contributed by atoms with Crippen LogP contribution in [0.2, 0.25) is 0 Å². The summed E-state index contributed by atoms with van der Waals surface area (Å²) in [4.78, 5) is 12.9. The van der Waals surface area contributed by atoms with Crippen molar-refractivity contribution in [3.05, 3.63) is 29.6 Å². The third-order valence-electron chi connectivity index (χ3n) is 2.96. The zero-order valence-corrected chi connectivity index (χ0v) is 11.9. The van der Waals surface area contributed by atoms with E-state index in [9.17, 15) is 9.18 Å². The van der Waals surface area contributed by atoms with Gasteiger partial charge in [-0.3, -0.25) is 4.79 Å². The number of hydrogen-bond acceptors (Lipinski definition) is 3. The molecule has 0 spiro atoms. The molecule has 1 aromatic carbocycles. The molecule has 0 saturated carbocycles. The van der Waals surface area contributed by atoms with Crippen molar-refractivity contribution >= 4 is 5.91 Å². The second-order valence-corrected chi connectivity index (χ2v) is 4.60. The first kappa shape index (κ1) is 15.4. The number of benzene rings is 1. The minimum atomic E-state index is -0.307. The zero-order chi connectivity index (χ0) is 14.4. The summed E-state index contributed by atoms with van der Waals surface area (Å²) in [5.74, 6) is 0.240. The van der Waals surface area contributed by atoms with Gasteiger partial charge in [-0.05, 0) is 13.0 Å². The average Bonchev–Trinajstić information content (AvgIpc) is 2.37. The predicted molar refractivity (Wildman–Crippen MR) is 72.7 cm³/mol. The predicted octanol–water partition coefficient (Wildman–Crippen LogP) is 1.96. The Labute approximate surface area is 113 Å². The van der Waals surface area contributed by atoms with Crippen molar-refractivity contribution in [3.63, 3.8) is 0 Å². The highest BCUT2D eigenvalue weighted by molar-refractivity contribution is 5.75. The van der Waals surface area contributed by atoms with E-state index in [0.717, 1.165) is 0 Å². The first-order valence-corrected chi connectivity index (χ1v) is 6.22. The van der Waals surface area contributed by atoms with Crippen LogP contribution in [0.25, 0.3) is 0 Å². The maximum absolute atomic E-state index is 13.8. The minimum Gasteiger partial charge on any atom is -0.497 e. The molecule has 0 aliphatic carbocycles. The molecule has 0 aromatic heterocycles. The van der Waals surface area contributed by atoms with Gasteiger partial charge < -0.3 is 15.0 Å². The summed E-state index contributed by atoms with van der Waals surface area (Å²) in [6.07, 6.45) is 0.398. The van der Waals surface area contributed by atoms with Gasteiger partial charge in [0, 0.05) is 44.7 Å². The van der Waals surface area contributed by atoms with Gasteiger partial charge in [-0.2, -0.15) is 0 Å². The quantitative estimate of drug-likeness (QED) is 0.857. The first-order valence-electron chi connectivity index (χ1n) is 6.22. The van der Waals surface area contributed by atoms with Crippen molar-refractivity contribution in [1.29, 1.82) is 0 Å². The van der Waals surface area contributed by atoms with Crippen molar-refractivity contribution in [1.82, 2.24) is 10.2 Å². The topological polar surface area (TPSA) is 41.6 Å².